The largest absolute Gasteiger partial charge is 0.269 e. The first-order valence-corrected chi connectivity index (χ1v) is 13.4. The Kier molecular flexibility index (Phi) is 6.02. The summed E-state index contributed by atoms with van der Waals surface area (Å²) in [7, 11) is -0.246. The molecule has 4 heteroatoms. The highest BCUT2D eigenvalue weighted by Crippen LogP contribution is 2.54. The molecule has 5 rings (SSSR count). The Morgan fingerprint density at radius 3 is 1.63 bits per heavy atom. The maximum Gasteiger partial charge on any atom is 0.269 e. The Morgan fingerprint density at radius 1 is 0.686 bits per heavy atom. The minimum absolute atomic E-state index is 0.169. The zero-order valence-corrected chi connectivity index (χ0v) is 21.5. The highest BCUT2D eigenvalue weighted by molar-refractivity contribution is 7.97. The average Bonchev–Trinajstić information content (AvgIpc) is 3.15. The van der Waals surface area contributed by atoms with Crippen molar-refractivity contribution < 1.29 is 4.92 Å². The van der Waals surface area contributed by atoms with E-state index in [9.17, 15) is 10.1 Å². The second-order valence-corrected chi connectivity index (χ2v) is 11.4. The van der Waals surface area contributed by atoms with Gasteiger partial charge >= 0.3 is 0 Å². The zero-order valence-electron chi connectivity index (χ0n) is 20.7. The van der Waals surface area contributed by atoms with Crippen molar-refractivity contribution in [2.45, 2.75) is 60.6 Å². The van der Waals surface area contributed by atoms with Gasteiger partial charge in [-0.25, -0.2) is 0 Å². The van der Waals surface area contributed by atoms with Crippen LogP contribution < -0.4 is 0 Å². The Hall–Kier alpha value is -3.37. The average molecular weight is 481 g/mol. The monoisotopic (exact) mass is 480 g/mol. The van der Waals surface area contributed by atoms with Crippen LogP contribution in [-0.2, 0) is 16.3 Å². The first-order valence-electron chi connectivity index (χ1n) is 12.2. The third-order valence-electron chi connectivity index (χ3n) is 7.48. The summed E-state index contributed by atoms with van der Waals surface area (Å²) in [6.45, 7) is 8.65. The number of hydrogen-bond donors (Lipinski definition) is 0. The van der Waals surface area contributed by atoms with Gasteiger partial charge in [-0.1, -0.05) is 49.2 Å². The molecule has 0 fully saturated rings. The standard InChI is InChI=1S/C31H30NO2S/c1-5-31(6-2)29-19-23(32(33)34)11-17-27(29)28-18-16-26(20-30(28)31)35(24-12-7-21(3)8-13-24)25-14-9-22(4)10-15-25/h7-20H,5-6H2,1-4H3/q+1. The lowest BCUT2D eigenvalue weighted by Gasteiger charge is -2.29. The van der Waals surface area contributed by atoms with Gasteiger partial charge < -0.3 is 0 Å². The summed E-state index contributed by atoms with van der Waals surface area (Å²) in [5, 5.41) is 11.6. The van der Waals surface area contributed by atoms with Crippen molar-refractivity contribution >= 4 is 16.6 Å². The minimum atomic E-state index is -0.281. The molecular weight excluding hydrogens is 450 g/mol. The Balaban J connectivity index is 1.71. The van der Waals surface area contributed by atoms with Gasteiger partial charge in [0.2, 0.25) is 0 Å². The van der Waals surface area contributed by atoms with Crippen LogP contribution in [0.4, 0.5) is 5.69 Å². The van der Waals surface area contributed by atoms with Crippen LogP contribution in [0.5, 0.6) is 0 Å². The van der Waals surface area contributed by atoms with E-state index in [2.05, 4.69) is 94.4 Å². The second-order valence-electron chi connectivity index (χ2n) is 9.42. The van der Waals surface area contributed by atoms with Crippen LogP contribution >= 0.6 is 0 Å². The van der Waals surface area contributed by atoms with E-state index in [-0.39, 0.29) is 26.9 Å². The number of fused-ring (bicyclic) bond motifs is 3. The molecule has 0 radical (unpaired) electrons. The highest BCUT2D eigenvalue weighted by Gasteiger charge is 2.43. The number of nitrogens with zero attached hydrogens (tertiary/aromatic N) is 1. The van der Waals surface area contributed by atoms with Gasteiger partial charge in [-0.2, -0.15) is 0 Å². The number of nitro groups is 1. The summed E-state index contributed by atoms with van der Waals surface area (Å²) in [5.41, 5.74) is 7.18. The molecule has 0 unspecified atom stereocenters. The summed E-state index contributed by atoms with van der Waals surface area (Å²) in [6.07, 6.45) is 1.80. The molecule has 4 aromatic rings. The third-order valence-corrected chi connectivity index (χ3v) is 9.69. The maximum absolute atomic E-state index is 11.6. The topological polar surface area (TPSA) is 43.1 Å². The molecule has 0 spiro atoms. The molecule has 0 N–H and O–H groups in total. The number of hydrogen-bond acceptors (Lipinski definition) is 2. The van der Waals surface area contributed by atoms with Gasteiger partial charge in [-0.05, 0) is 97.5 Å². The molecular formula is C31H30NO2S+. The minimum Gasteiger partial charge on any atom is -0.258 e. The van der Waals surface area contributed by atoms with Crippen LogP contribution in [0.25, 0.3) is 11.1 Å². The van der Waals surface area contributed by atoms with E-state index in [4.69, 9.17) is 0 Å². The highest BCUT2D eigenvalue weighted by atomic mass is 32.2. The van der Waals surface area contributed by atoms with E-state index in [0.717, 1.165) is 24.0 Å². The second kappa shape index (κ2) is 9.01. The van der Waals surface area contributed by atoms with E-state index in [1.165, 1.54) is 36.9 Å². The lowest BCUT2D eigenvalue weighted by Crippen LogP contribution is -2.23. The predicted octanol–water partition coefficient (Wildman–Crippen LogP) is 8.39. The quantitative estimate of drug-likeness (QED) is 0.158. The van der Waals surface area contributed by atoms with Crippen LogP contribution in [0.3, 0.4) is 0 Å². The van der Waals surface area contributed by atoms with Crippen molar-refractivity contribution in [3.63, 3.8) is 0 Å². The van der Waals surface area contributed by atoms with Gasteiger partial charge in [0.1, 0.15) is 0 Å². The van der Waals surface area contributed by atoms with Gasteiger partial charge in [-0.15, -0.1) is 0 Å². The molecule has 0 heterocycles. The summed E-state index contributed by atoms with van der Waals surface area (Å²) in [4.78, 5) is 15.2. The van der Waals surface area contributed by atoms with Crippen molar-refractivity contribution in [2.24, 2.45) is 0 Å². The molecule has 0 atom stereocenters. The molecule has 0 bridgehead atoms. The first kappa shape index (κ1) is 23.4. The molecule has 1 aliphatic rings. The Morgan fingerprint density at radius 2 is 1.14 bits per heavy atom. The lowest BCUT2D eigenvalue weighted by molar-refractivity contribution is -0.384. The smallest absolute Gasteiger partial charge is 0.258 e. The van der Waals surface area contributed by atoms with Gasteiger partial charge in [0, 0.05) is 17.5 Å². The van der Waals surface area contributed by atoms with Crippen molar-refractivity contribution in [3.8, 4) is 11.1 Å². The van der Waals surface area contributed by atoms with Gasteiger partial charge in [0.25, 0.3) is 5.69 Å². The summed E-state index contributed by atoms with van der Waals surface area (Å²) in [6, 6.07) is 30.0. The van der Waals surface area contributed by atoms with Crippen LogP contribution in [0.2, 0.25) is 0 Å². The van der Waals surface area contributed by atoms with Crippen LogP contribution in [0.1, 0.15) is 48.9 Å². The molecule has 35 heavy (non-hydrogen) atoms. The summed E-state index contributed by atoms with van der Waals surface area (Å²) >= 11 is 0. The first-order chi connectivity index (χ1) is 16.9. The Bertz CT molecular complexity index is 1360. The fourth-order valence-corrected chi connectivity index (χ4v) is 7.54. The van der Waals surface area contributed by atoms with Gasteiger partial charge in [-0.3, -0.25) is 10.1 Å². The number of nitro benzene ring substituents is 1. The molecule has 176 valence electrons. The van der Waals surface area contributed by atoms with Crippen molar-refractivity contribution in [1.82, 2.24) is 0 Å². The van der Waals surface area contributed by atoms with E-state index in [1.54, 1.807) is 6.07 Å². The van der Waals surface area contributed by atoms with E-state index in [1.807, 2.05) is 12.1 Å². The van der Waals surface area contributed by atoms with Crippen molar-refractivity contribution in [2.75, 3.05) is 0 Å². The SMILES string of the molecule is CCC1(CC)c2cc([N+](=O)[O-])ccc2-c2ccc([S+](c3ccc(C)cc3)c3ccc(C)cc3)cc21. The number of benzene rings is 4. The van der Waals surface area contributed by atoms with Gasteiger partial charge in [0.15, 0.2) is 14.7 Å². The molecule has 0 aliphatic heterocycles. The lowest BCUT2D eigenvalue weighted by atomic mass is 9.74. The van der Waals surface area contributed by atoms with Crippen LogP contribution in [-0.4, -0.2) is 4.92 Å². The molecule has 0 saturated heterocycles. The van der Waals surface area contributed by atoms with Crippen molar-refractivity contribution in [1.29, 1.82) is 0 Å². The van der Waals surface area contributed by atoms with E-state index >= 15 is 0 Å². The molecule has 0 saturated carbocycles. The van der Waals surface area contributed by atoms with E-state index in [0.29, 0.717) is 0 Å². The molecule has 0 amide bonds. The fraction of sp³-hybridized carbons (Fsp3) is 0.226. The fourth-order valence-electron chi connectivity index (χ4n) is 5.47. The molecule has 0 aromatic heterocycles. The van der Waals surface area contributed by atoms with Crippen LogP contribution in [0, 0.1) is 24.0 Å². The molecule has 1 aliphatic carbocycles. The number of rotatable bonds is 6. The number of non-ortho nitro benzene ring substituents is 1. The number of aryl methyl sites for hydroxylation is 2. The normalized spacial score (nSPS) is 13.5. The van der Waals surface area contributed by atoms with Crippen LogP contribution in [0.15, 0.2) is 99.6 Å². The third kappa shape index (κ3) is 3.86. The predicted molar refractivity (Wildman–Crippen MR) is 144 cm³/mol. The Labute approximate surface area is 210 Å². The zero-order chi connectivity index (χ0) is 24.7. The summed E-state index contributed by atoms with van der Waals surface area (Å²) < 4.78 is 0. The maximum atomic E-state index is 11.6. The molecule has 3 nitrogen and oxygen atoms in total. The van der Waals surface area contributed by atoms with Gasteiger partial charge in [0.05, 0.1) is 15.8 Å². The van der Waals surface area contributed by atoms with Crippen molar-refractivity contribution in [3.05, 3.63) is 117 Å². The summed E-state index contributed by atoms with van der Waals surface area (Å²) in [5.74, 6) is 0. The van der Waals surface area contributed by atoms with E-state index < -0.39 is 0 Å². The molecule has 4 aromatic carbocycles.